The Kier molecular flexibility index (Phi) is 4.30. The third kappa shape index (κ3) is 2.72. The normalized spacial score (nSPS) is 11.1. The molecule has 0 aliphatic heterocycles. The number of hydrogen-bond donors (Lipinski definition) is 2. The third-order valence-electron chi connectivity index (χ3n) is 3.20. The van der Waals surface area contributed by atoms with E-state index in [-0.39, 0.29) is 23.3 Å². The van der Waals surface area contributed by atoms with Crippen LogP contribution in [0.25, 0.3) is 10.8 Å². The summed E-state index contributed by atoms with van der Waals surface area (Å²) < 4.78 is 28.9. The molecule has 0 aliphatic carbocycles. The van der Waals surface area contributed by atoms with Crippen LogP contribution in [0.5, 0.6) is 0 Å². The van der Waals surface area contributed by atoms with E-state index in [0.29, 0.717) is 5.69 Å². The average Bonchev–Trinajstić information content (AvgIpc) is 2.79. The maximum atomic E-state index is 12.5. The van der Waals surface area contributed by atoms with Gasteiger partial charge in [-0.3, -0.25) is 4.72 Å². The number of nitrogens with zero attached hydrogens (tertiary/aromatic N) is 2. The Hall–Kier alpha value is -2.25. The van der Waals surface area contributed by atoms with Gasteiger partial charge in [0.05, 0.1) is 12.0 Å². The minimum Gasteiger partial charge on any atom is -0.381 e. The Bertz CT molecular complexity index is 897. The smallest absolute Gasteiger partial charge is 0.281 e. The zero-order chi connectivity index (χ0) is 15.0. The summed E-state index contributed by atoms with van der Waals surface area (Å²) in [6.45, 7) is 0. The number of imidazole rings is 1. The summed E-state index contributed by atoms with van der Waals surface area (Å²) in [7, 11) is -2.21. The first kappa shape index (κ1) is 16.1. The summed E-state index contributed by atoms with van der Waals surface area (Å²) in [4.78, 5) is 3.81. The minimum absolute atomic E-state index is 0. The van der Waals surface area contributed by atoms with Crippen molar-refractivity contribution in [3.8, 4) is 0 Å². The van der Waals surface area contributed by atoms with Crippen molar-refractivity contribution in [3.63, 3.8) is 0 Å². The maximum Gasteiger partial charge on any atom is 0.281 e. The van der Waals surface area contributed by atoms with E-state index in [0.717, 1.165) is 10.8 Å². The largest absolute Gasteiger partial charge is 0.381 e. The number of nitrogens with two attached hydrogens (primary N) is 1. The predicted molar refractivity (Wildman–Crippen MR) is 89.6 cm³/mol. The van der Waals surface area contributed by atoms with Gasteiger partial charge < -0.3 is 10.3 Å². The molecule has 6 nitrogen and oxygen atoms in total. The highest BCUT2D eigenvalue weighted by atomic mass is 35.5. The summed E-state index contributed by atoms with van der Waals surface area (Å²) >= 11 is 0. The second kappa shape index (κ2) is 5.86. The summed E-state index contributed by atoms with van der Waals surface area (Å²) in [5, 5.41) is 1.73. The van der Waals surface area contributed by atoms with Crippen LogP contribution in [0.2, 0.25) is 0 Å². The number of nitrogen functional groups attached to an aromatic ring is 1. The molecule has 3 aromatic rings. The summed E-state index contributed by atoms with van der Waals surface area (Å²) in [6, 6.07) is 13.0. The number of nitrogens with one attached hydrogen (secondary N) is 1. The number of fused-ring (bicyclic) bond motifs is 1. The number of benzene rings is 2. The van der Waals surface area contributed by atoms with Gasteiger partial charge in [-0.05, 0) is 11.5 Å². The standard InChI is InChI=1S/C14H14N4O2S.ClH/c1-18-9-16-13(15)14(18)21(19,20)17-12-8-4-6-10-5-2-3-7-11(10)12;/h2-9,17H,15H2,1H3;1H. The lowest BCUT2D eigenvalue weighted by molar-refractivity contribution is 0.592. The van der Waals surface area contributed by atoms with Gasteiger partial charge in [-0.2, -0.15) is 8.42 Å². The summed E-state index contributed by atoms with van der Waals surface area (Å²) in [5.41, 5.74) is 6.15. The van der Waals surface area contributed by atoms with Gasteiger partial charge in [0.2, 0.25) is 0 Å². The van der Waals surface area contributed by atoms with Crippen LogP contribution in [-0.4, -0.2) is 18.0 Å². The van der Waals surface area contributed by atoms with Gasteiger partial charge in [0.25, 0.3) is 10.0 Å². The molecule has 116 valence electrons. The van der Waals surface area contributed by atoms with E-state index in [2.05, 4.69) is 9.71 Å². The number of hydrogen-bond acceptors (Lipinski definition) is 4. The Morgan fingerprint density at radius 2 is 1.82 bits per heavy atom. The molecule has 1 heterocycles. The van der Waals surface area contributed by atoms with E-state index in [1.807, 2.05) is 30.3 Å². The number of rotatable bonds is 3. The first-order valence-electron chi connectivity index (χ1n) is 6.26. The van der Waals surface area contributed by atoms with Crippen molar-refractivity contribution in [2.24, 2.45) is 7.05 Å². The molecule has 8 heteroatoms. The fourth-order valence-corrected chi connectivity index (χ4v) is 3.59. The molecule has 22 heavy (non-hydrogen) atoms. The zero-order valence-corrected chi connectivity index (χ0v) is 13.4. The van der Waals surface area contributed by atoms with Crippen LogP contribution in [0.1, 0.15) is 0 Å². The van der Waals surface area contributed by atoms with Crippen molar-refractivity contribution in [1.82, 2.24) is 9.55 Å². The molecule has 0 unspecified atom stereocenters. The maximum absolute atomic E-state index is 12.5. The molecule has 1 aromatic heterocycles. The van der Waals surface area contributed by atoms with Crippen LogP contribution >= 0.6 is 12.4 Å². The highest BCUT2D eigenvalue weighted by Gasteiger charge is 2.23. The van der Waals surface area contributed by atoms with E-state index in [4.69, 9.17) is 5.73 Å². The van der Waals surface area contributed by atoms with Gasteiger partial charge in [-0.25, -0.2) is 4.98 Å². The second-order valence-electron chi connectivity index (χ2n) is 4.68. The van der Waals surface area contributed by atoms with E-state index >= 15 is 0 Å². The monoisotopic (exact) mass is 338 g/mol. The van der Waals surface area contributed by atoms with Crippen LogP contribution < -0.4 is 10.5 Å². The second-order valence-corrected chi connectivity index (χ2v) is 6.28. The first-order chi connectivity index (χ1) is 9.99. The van der Waals surface area contributed by atoms with Gasteiger partial charge >= 0.3 is 0 Å². The Labute approximate surface area is 134 Å². The number of anilines is 2. The van der Waals surface area contributed by atoms with Gasteiger partial charge in [-0.1, -0.05) is 36.4 Å². The van der Waals surface area contributed by atoms with Crippen LogP contribution in [0.15, 0.2) is 53.8 Å². The SMILES string of the molecule is Cl.Cn1cnc(N)c1S(=O)(=O)Nc1cccc2ccccc12. The average molecular weight is 339 g/mol. The highest BCUT2D eigenvalue weighted by Crippen LogP contribution is 2.26. The van der Waals surface area contributed by atoms with E-state index in [9.17, 15) is 8.42 Å². The fourth-order valence-electron chi connectivity index (χ4n) is 2.27. The molecule has 2 aromatic carbocycles. The minimum atomic E-state index is -3.80. The van der Waals surface area contributed by atoms with Crippen molar-refractivity contribution in [2.75, 3.05) is 10.5 Å². The van der Waals surface area contributed by atoms with Crippen LogP contribution in [-0.2, 0) is 17.1 Å². The molecule has 0 fully saturated rings. The molecule has 0 amide bonds. The lowest BCUT2D eigenvalue weighted by Gasteiger charge is -2.11. The summed E-state index contributed by atoms with van der Waals surface area (Å²) in [5.74, 6) is -0.0229. The zero-order valence-electron chi connectivity index (χ0n) is 11.7. The van der Waals surface area contributed by atoms with Crippen molar-refractivity contribution >= 4 is 44.7 Å². The Balaban J connectivity index is 0.00000176. The van der Waals surface area contributed by atoms with Crippen molar-refractivity contribution < 1.29 is 8.42 Å². The molecule has 0 saturated heterocycles. The predicted octanol–water partition coefficient (Wildman–Crippen LogP) is 2.38. The molecular formula is C14H15ClN4O2S. The molecule has 0 saturated carbocycles. The van der Waals surface area contributed by atoms with E-state index in [1.165, 1.54) is 10.9 Å². The number of aromatic nitrogens is 2. The molecule has 0 bridgehead atoms. The van der Waals surface area contributed by atoms with Crippen molar-refractivity contribution in [2.45, 2.75) is 5.03 Å². The number of aryl methyl sites for hydroxylation is 1. The Morgan fingerprint density at radius 1 is 1.14 bits per heavy atom. The van der Waals surface area contributed by atoms with Crippen LogP contribution in [0, 0.1) is 0 Å². The topological polar surface area (TPSA) is 90.0 Å². The molecule has 0 radical (unpaired) electrons. The van der Waals surface area contributed by atoms with Gasteiger partial charge in [-0.15, -0.1) is 12.4 Å². The lowest BCUT2D eigenvalue weighted by atomic mass is 10.1. The first-order valence-corrected chi connectivity index (χ1v) is 7.75. The van der Waals surface area contributed by atoms with Crippen LogP contribution in [0.3, 0.4) is 0 Å². The van der Waals surface area contributed by atoms with Crippen molar-refractivity contribution in [1.29, 1.82) is 0 Å². The van der Waals surface area contributed by atoms with Crippen LogP contribution in [0.4, 0.5) is 11.5 Å². The summed E-state index contributed by atoms with van der Waals surface area (Å²) in [6.07, 6.45) is 1.37. The Morgan fingerprint density at radius 3 is 2.50 bits per heavy atom. The molecule has 0 atom stereocenters. The van der Waals surface area contributed by atoms with Gasteiger partial charge in [0.15, 0.2) is 10.8 Å². The molecule has 3 rings (SSSR count). The van der Waals surface area contributed by atoms with Gasteiger partial charge in [0.1, 0.15) is 0 Å². The molecule has 3 N–H and O–H groups in total. The van der Waals surface area contributed by atoms with Crippen molar-refractivity contribution in [3.05, 3.63) is 48.8 Å². The number of sulfonamides is 1. The van der Waals surface area contributed by atoms with E-state index in [1.54, 1.807) is 19.2 Å². The van der Waals surface area contributed by atoms with E-state index < -0.39 is 10.0 Å². The highest BCUT2D eigenvalue weighted by molar-refractivity contribution is 7.92. The molecule has 0 aliphatic rings. The third-order valence-corrected chi connectivity index (χ3v) is 4.69. The fraction of sp³-hybridized carbons (Fsp3) is 0.0714. The lowest BCUT2D eigenvalue weighted by Crippen LogP contribution is -2.17. The molecular weight excluding hydrogens is 324 g/mol. The molecule has 0 spiro atoms. The quantitative estimate of drug-likeness (QED) is 0.767. The van der Waals surface area contributed by atoms with Gasteiger partial charge in [0, 0.05) is 12.4 Å². The number of halogens is 1.